The summed E-state index contributed by atoms with van der Waals surface area (Å²) < 4.78 is 42.6. The Kier molecular flexibility index (Phi) is 8.91. The number of hydrogen-bond acceptors (Lipinski definition) is 5. The quantitative estimate of drug-likeness (QED) is 0.204. The molecule has 1 aliphatic heterocycles. The van der Waals surface area contributed by atoms with Crippen LogP contribution in [-0.4, -0.2) is 44.0 Å². The van der Waals surface area contributed by atoms with E-state index in [1.807, 2.05) is 24.3 Å². The average molecular weight is 608 g/mol. The van der Waals surface area contributed by atoms with E-state index in [9.17, 15) is 18.0 Å². The summed E-state index contributed by atoms with van der Waals surface area (Å²) in [4.78, 5) is 24.0. The van der Waals surface area contributed by atoms with Gasteiger partial charge in [0.25, 0.3) is 0 Å². The van der Waals surface area contributed by atoms with Gasteiger partial charge >= 0.3 is 6.36 Å². The number of rotatable bonds is 8. The molecular formula is C32H32F3N5O2S. The van der Waals surface area contributed by atoms with Crippen molar-refractivity contribution in [2.24, 2.45) is 4.99 Å². The molecule has 1 aromatic heterocycles. The molecule has 1 fully saturated rings. The topological polar surface area (TPSA) is 72.6 Å². The van der Waals surface area contributed by atoms with Crippen molar-refractivity contribution in [3.05, 3.63) is 89.7 Å². The maximum Gasteiger partial charge on any atom is 0.573 e. The highest BCUT2D eigenvalue weighted by atomic mass is 32.2. The average Bonchev–Trinajstić information content (AvgIpc) is 3.59. The number of aryl methyl sites for hydroxylation is 2. The predicted molar refractivity (Wildman–Crippen MR) is 164 cm³/mol. The van der Waals surface area contributed by atoms with E-state index >= 15 is 0 Å². The van der Waals surface area contributed by atoms with Gasteiger partial charge in [-0.3, -0.25) is 4.79 Å². The Morgan fingerprint density at radius 3 is 2.49 bits per heavy atom. The van der Waals surface area contributed by atoms with Crippen LogP contribution in [0.25, 0.3) is 17.1 Å². The number of amides is 1. The normalized spacial score (nSPS) is 16.3. The standard InChI is InChI=1S/C32H32F3N5O2S/c1-20(2)27-17-21(3)5-15-28(27)40-22(4)18-43-31(40)37-29(41)16-8-23-6-9-24(10-7-23)30-36-19-39(38-30)25-11-13-26(14-12-25)42-32(33,34)35/h5-7,9-15,17,19-20,22H,8,16,18H2,1-4H3. The van der Waals surface area contributed by atoms with Crippen molar-refractivity contribution in [1.82, 2.24) is 14.8 Å². The lowest BCUT2D eigenvalue weighted by molar-refractivity contribution is -0.274. The van der Waals surface area contributed by atoms with Gasteiger partial charge in [0.1, 0.15) is 12.1 Å². The molecule has 43 heavy (non-hydrogen) atoms. The second kappa shape index (κ2) is 12.6. The monoisotopic (exact) mass is 607 g/mol. The molecule has 11 heteroatoms. The molecule has 0 aliphatic carbocycles. The largest absolute Gasteiger partial charge is 0.573 e. The number of thioether (sulfide) groups is 1. The minimum absolute atomic E-state index is 0.157. The van der Waals surface area contributed by atoms with E-state index in [1.54, 1.807) is 11.8 Å². The third kappa shape index (κ3) is 7.45. The van der Waals surface area contributed by atoms with Gasteiger partial charge < -0.3 is 9.64 Å². The van der Waals surface area contributed by atoms with E-state index in [0.29, 0.717) is 23.9 Å². The molecule has 0 radical (unpaired) electrons. The van der Waals surface area contributed by atoms with Crippen LogP contribution in [0, 0.1) is 6.92 Å². The molecule has 1 saturated heterocycles. The highest BCUT2D eigenvalue weighted by Gasteiger charge is 2.32. The molecule has 1 atom stereocenters. The number of ether oxygens (including phenoxy) is 1. The van der Waals surface area contributed by atoms with Crippen molar-refractivity contribution in [2.45, 2.75) is 58.9 Å². The number of amidine groups is 1. The Labute approximate surface area is 252 Å². The smallest absolute Gasteiger partial charge is 0.406 e. The molecule has 0 bridgehead atoms. The summed E-state index contributed by atoms with van der Waals surface area (Å²) in [6.07, 6.45) is -2.42. The van der Waals surface area contributed by atoms with Gasteiger partial charge in [-0.2, -0.15) is 4.99 Å². The Bertz CT molecular complexity index is 1620. The molecule has 0 saturated carbocycles. The second-order valence-corrected chi connectivity index (χ2v) is 11.8. The van der Waals surface area contributed by atoms with Gasteiger partial charge in [-0.15, -0.1) is 18.3 Å². The van der Waals surface area contributed by atoms with Crippen LogP contribution < -0.4 is 9.64 Å². The minimum Gasteiger partial charge on any atom is -0.406 e. The SMILES string of the molecule is Cc1ccc(N2C(=NC(=O)CCc3ccc(-c4ncn(-c5ccc(OC(F)(F)F)cc5)n4)cc3)SCC2C)c(C(C)C)c1. The molecule has 2 heterocycles. The fourth-order valence-electron chi connectivity index (χ4n) is 4.86. The first-order chi connectivity index (χ1) is 20.5. The van der Waals surface area contributed by atoms with Gasteiger partial charge in [0, 0.05) is 29.5 Å². The van der Waals surface area contributed by atoms with Gasteiger partial charge in [-0.25, -0.2) is 9.67 Å². The zero-order valence-corrected chi connectivity index (χ0v) is 25.1. The number of carbonyl (C=O) groups is 1. The highest BCUT2D eigenvalue weighted by Crippen LogP contribution is 2.36. The summed E-state index contributed by atoms with van der Waals surface area (Å²) in [5.41, 5.74) is 5.89. The van der Waals surface area contributed by atoms with Crippen LogP contribution in [0.5, 0.6) is 5.75 Å². The lowest BCUT2D eigenvalue weighted by Gasteiger charge is -2.27. The van der Waals surface area contributed by atoms with Gasteiger partial charge in [-0.05, 0) is 67.6 Å². The number of anilines is 1. The van der Waals surface area contributed by atoms with Crippen LogP contribution in [0.4, 0.5) is 18.9 Å². The number of benzene rings is 3. The fourth-order valence-corrected chi connectivity index (χ4v) is 5.99. The van der Waals surface area contributed by atoms with E-state index in [1.165, 1.54) is 46.4 Å². The van der Waals surface area contributed by atoms with Crippen LogP contribution in [0.15, 0.2) is 78.0 Å². The summed E-state index contributed by atoms with van der Waals surface area (Å²) in [7, 11) is 0. The number of halogens is 3. The van der Waals surface area contributed by atoms with Crippen molar-refractivity contribution in [3.8, 4) is 22.8 Å². The van der Waals surface area contributed by atoms with Gasteiger partial charge in [0.2, 0.25) is 5.91 Å². The Hall–Kier alpha value is -4.12. The molecule has 5 rings (SSSR count). The first kappa shape index (κ1) is 30.3. The zero-order chi connectivity index (χ0) is 30.7. The summed E-state index contributed by atoms with van der Waals surface area (Å²) >= 11 is 1.62. The Morgan fingerprint density at radius 2 is 1.81 bits per heavy atom. The van der Waals surface area contributed by atoms with Crippen molar-refractivity contribution in [1.29, 1.82) is 0 Å². The molecule has 1 amide bonds. The van der Waals surface area contributed by atoms with E-state index in [2.05, 4.69) is 70.6 Å². The van der Waals surface area contributed by atoms with Gasteiger partial charge in [-0.1, -0.05) is 67.6 Å². The molecule has 3 aromatic carbocycles. The number of aromatic nitrogens is 3. The Balaban J connectivity index is 1.21. The van der Waals surface area contributed by atoms with E-state index in [0.717, 1.165) is 27.7 Å². The molecule has 1 unspecified atom stereocenters. The predicted octanol–water partition coefficient (Wildman–Crippen LogP) is 7.72. The fraction of sp³-hybridized carbons (Fsp3) is 0.312. The van der Waals surface area contributed by atoms with E-state index in [4.69, 9.17) is 0 Å². The number of carbonyl (C=O) groups excluding carboxylic acids is 1. The Morgan fingerprint density at radius 1 is 1.09 bits per heavy atom. The summed E-state index contributed by atoms with van der Waals surface area (Å²) in [5, 5.41) is 5.19. The van der Waals surface area contributed by atoms with Crippen LogP contribution in [0.1, 0.15) is 49.8 Å². The lowest BCUT2D eigenvalue weighted by atomic mass is 9.98. The molecule has 7 nitrogen and oxygen atoms in total. The number of hydrogen-bond donors (Lipinski definition) is 0. The van der Waals surface area contributed by atoms with Crippen molar-refractivity contribution in [2.75, 3.05) is 10.7 Å². The molecule has 0 N–H and O–H groups in total. The third-order valence-corrected chi connectivity index (χ3v) is 8.25. The molecule has 4 aromatic rings. The number of aliphatic imine (C=N–C) groups is 1. The highest BCUT2D eigenvalue weighted by molar-refractivity contribution is 8.14. The minimum atomic E-state index is -4.75. The maximum atomic E-state index is 12.9. The van der Waals surface area contributed by atoms with E-state index < -0.39 is 6.36 Å². The second-order valence-electron chi connectivity index (χ2n) is 10.8. The van der Waals surface area contributed by atoms with Crippen molar-refractivity contribution < 1.29 is 22.7 Å². The molecule has 0 spiro atoms. The van der Waals surface area contributed by atoms with Crippen molar-refractivity contribution >= 4 is 28.5 Å². The zero-order valence-electron chi connectivity index (χ0n) is 24.3. The van der Waals surface area contributed by atoms with Crippen LogP contribution in [-0.2, 0) is 11.2 Å². The van der Waals surface area contributed by atoms with Gasteiger partial charge in [0.05, 0.1) is 5.69 Å². The molecule has 224 valence electrons. The number of alkyl halides is 3. The molecular weight excluding hydrogens is 575 g/mol. The summed E-state index contributed by atoms with van der Waals surface area (Å²) in [6, 6.07) is 19.7. The maximum absolute atomic E-state index is 12.9. The summed E-state index contributed by atoms with van der Waals surface area (Å²) in [5.74, 6) is 1.23. The molecule has 1 aliphatic rings. The third-order valence-electron chi connectivity index (χ3n) is 7.05. The number of nitrogens with zero attached hydrogens (tertiary/aromatic N) is 5. The van der Waals surface area contributed by atoms with Crippen LogP contribution in [0.2, 0.25) is 0 Å². The van der Waals surface area contributed by atoms with Crippen molar-refractivity contribution in [3.63, 3.8) is 0 Å². The lowest BCUT2D eigenvalue weighted by Crippen LogP contribution is -2.33. The van der Waals surface area contributed by atoms with Gasteiger partial charge in [0.15, 0.2) is 11.0 Å². The first-order valence-corrected chi connectivity index (χ1v) is 15.0. The first-order valence-electron chi connectivity index (χ1n) is 14.0. The summed E-state index contributed by atoms with van der Waals surface area (Å²) in [6.45, 7) is 8.61. The van der Waals surface area contributed by atoms with Crippen LogP contribution >= 0.6 is 11.8 Å². The van der Waals surface area contributed by atoms with E-state index in [-0.39, 0.29) is 24.1 Å². The van der Waals surface area contributed by atoms with Crippen LogP contribution in [0.3, 0.4) is 0 Å².